The van der Waals surface area contributed by atoms with Crippen LogP contribution in [-0.2, 0) is 9.84 Å². The topological polar surface area (TPSA) is 94.1 Å². The summed E-state index contributed by atoms with van der Waals surface area (Å²) in [5.41, 5.74) is 1.07. The fraction of sp³-hybridized carbons (Fsp3) is 0.455. The standard InChI is InChI=1S/C22H27NO6S/c1-14(2)28-16-9-15(27-8-7-24)10-18(11-16)30(25,26)17-3-4-19-20-5-6-23-13-22(20)29-21(19)12-17/h3-4,9-12,14,20,22-24H,5-8,13H2,1-2H3. The molecule has 2 unspecified atom stereocenters. The summed E-state index contributed by atoms with van der Waals surface area (Å²) in [6.07, 6.45) is 0.899. The molecule has 30 heavy (non-hydrogen) atoms. The Morgan fingerprint density at radius 2 is 1.97 bits per heavy atom. The summed E-state index contributed by atoms with van der Waals surface area (Å²) in [6, 6.07) is 9.71. The summed E-state index contributed by atoms with van der Waals surface area (Å²) in [4.78, 5) is 0.244. The minimum absolute atomic E-state index is 0.0490. The Morgan fingerprint density at radius 3 is 2.73 bits per heavy atom. The van der Waals surface area contributed by atoms with Crippen molar-refractivity contribution in [2.45, 2.75) is 48.2 Å². The van der Waals surface area contributed by atoms with Crippen molar-refractivity contribution in [2.24, 2.45) is 0 Å². The van der Waals surface area contributed by atoms with Crippen LogP contribution in [0.5, 0.6) is 17.2 Å². The monoisotopic (exact) mass is 433 g/mol. The average molecular weight is 434 g/mol. The first kappa shape index (κ1) is 21.0. The molecule has 2 aromatic carbocycles. The average Bonchev–Trinajstić information content (AvgIpc) is 3.09. The highest BCUT2D eigenvalue weighted by molar-refractivity contribution is 7.91. The molecule has 0 radical (unpaired) electrons. The first-order valence-electron chi connectivity index (χ1n) is 10.2. The first-order chi connectivity index (χ1) is 14.4. The summed E-state index contributed by atoms with van der Waals surface area (Å²) in [5, 5.41) is 12.4. The van der Waals surface area contributed by atoms with E-state index in [0.717, 1.165) is 25.1 Å². The highest BCUT2D eigenvalue weighted by Gasteiger charge is 2.37. The van der Waals surface area contributed by atoms with Crippen LogP contribution in [-0.4, -0.2) is 52.0 Å². The first-order valence-corrected chi connectivity index (χ1v) is 11.7. The Kier molecular flexibility index (Phi) is 5.90. The van der Waals surface area contributed by atoms with Crippen LogP contribution in [0, 0.1) is 0 Å². The van der Waals surface area contributed by atoms with Crippen LogP contribution in [0.25, 0.3) is 0 Å². The SMILES string of the molecule is CC(C)Oc1cc(OCCO)cc(S(=O)(=O)c2ccc3c(c2)OC2CNCCC32)c1. The molecule has 4 rings (SSSR count). The zero-order chi connectivity index (χ0) is 21.3. The molecule has 0 spiro atoms. The summed E-state index contributed by atoms with van der Waals surface area (Å²) >= 11 is 0. The van der Waals surface area contributed by atoms with Crippen molar-refractivity contribution >= 4 is 9.84 Å². The molecule has 2 heterocycles. The number of rotatable bonds is 7. The number of sulfone groups is 1. The summed E-state index contributed by atoms with van der Waals surface area (Å²) in [7, 11) is -3.82. The number of piperidine rings is 1. The van der Waals surface area contributed by atoms with Crippen LogP contribution in [0.15, 0.2) is 46.2 Å². The maximum atomic E-state index is 13.4. The third kappa shape index (κ3) is 4.12. The number of hydrogen-bond acceptors (Lipinski definition) is 7. The van der Waals surface area contributed by atoms with Gasteiger partial charge in [-0.3, -0.25) is 0 Å². The molecule has 162 valence electrons. The van der Waals surface area contributed by atoms with Gasteiger partial charge >= 0.3 is 0 Å². The van der Waals surface area contributed by atoms with Crippen molar-refractivity contribution < 1.29 is 27.7 Å². The van der Waals surface area contributed by atoms with Crippen LogP contribution in [0.1, 0.15) is 31.7 Å². The molecular formula is C22H27NO6S. The normalized spacial score (nSPS) is 20.4. The van der Waals surface area contributed by atoms with Gasteiger partial charge in [0.05, 0.1) is 22.5 Å². The molecule has 1 fully saturated rings. The highest BCUT2D eigenvalue weighted by atomic mass is 32.2. The maximum absolute atomic E-state index is 13.4. The maximum Gasteiger partial charge on any atom is 0.207 e. The number of benzene rings is 2. The van der Waals surface area contributed by atoms with E-state index in [0.29, 0.717) is 23.2 Å². The molecule has 2 aliphatic heterocycles. The van der Waals surface area contributed by atoms with Gasteiger partial charge in [-0.25, -0.2) is 8.42 Å². The van der Waals surface area contributed by atoms with E-state index >= 15 is 0 Å². The van der Waals surface area contributed by atoms with E-state index in [-0.39, 0.29) is 35.2 Å². The van der Waals surface area contributed by atoms with Crippen LogP contribution in [0.4, 0.5) is 0 Å². The lowest BCUT2D eigenvalue weighted by atomic mass is 9.90. The van der Waals surface area contributed by atoms with Crippen LogP contribution >= 0.6 is 0 Å². The molecule has 2 N–H and O–H groups in total. The van der Waals surface area contributed by atoms with Gasteiger partial charge in [0, 0.05) is 24.1 Å². The lowest BCUT2D eigenvalue weighted by molar-refractivity contribution is 0.176. The van der Waals surface area contributed by atoms with E-state index in [1.165, 1.54) is 12.1 Å². The van der Waals surface area contributed by atoms with Gasteiger partial charge in [0.2, 0.25) is 9.84 Å². The predicted molar refractivity (Wildman–Crippen MR) is 111 cm³/mol. The summed E-state index contributed by atoms with van der Waals surface area (Å²) in [6.45, 7) is 5.32. The molecule has 8 heteroatoms. The van der Waals surface area contributed by atoms with E-state index in [2.05, 4.69) is 5.32 Å². The van der Waals surface area contributed by atoms with E-state index in [1.807, 2.05) is 19.9 Å². The molecular weight excluding hydrogens is 406 g/mol. The number of aliphatic hydroxyl groups is 1. The van der Waals surface area contributed by atoms with Crippen molar-refractivity contribution in [3.8, 4) is 17.2 Å². The Bertz CT molecular complexity index is 1020. The molecule has 2 aliphatic rings. The molecule has 7 nitrogen and oxygen atoms in total. The summed E-state index contributed by atoms with van der Waals surface area (Å²) in [5.74, 6) is 1.67. The Labute approximate surface area is 176 Å². The van der Waals surface area contributed by atoms with Crippen molar-refractivity contribution in [3.05, 3.63) is 42.0 Å². The Balaban J connectivity index is 1.69. The molecule has 0 bridgehead atoms. The van der Waals surface area contributed by atoms with Gasteiger partial charge in [0.25, 0.3) is 0 Å². The molecule has 0 saturated carbocycles. The van der Waals surface area contributed by atoms with Crippen LogP contribution in [0.3, 0.4) is 0 Å². The fourth-order valence-corrected chi connectivity index (χ4v) is 5.31. The number of hydrogen-bond donors (Lipinski definition) is 2. The molecule has 2 aromatic rings. The quantitative estimate of drug-likeness (QED) is 0.693. The van der Waals surface area contributed by atoms with Crippen molar-refractivity contribution in [3.63, 3.8) is 0 Å². The van der Waals surface area contributed by atoms with Gasteiger partial charge in [0.15, 0.2) is 0 Å². The molecule has 2 atom stereocenters. The van der Waals surface area contributed by atoms with Crippen LogP contribution in [0.2, 0.25) is 0 Å². The largest absolute Gasteiger partial charge is 0.491 e. The van der Waals surface area contributed by atoms with E-state index in [4.69, 9.17) is 19.3 Å². The summed E-state index contributed by atoms with van der Waals surface area (Å²) < 4.78 is 44.0. The second kappa shape index (κ2) is 8.45. The zero-order valence-corrected chi connectivity index (χ0v) is 17.9. The molecule has 0 aromatic heterocycles. The zero-order valence-electron chi connectivity index (χ0n) is 17.1. The van der Waals surface area contributed by atoms with Gasteiger partial charge < -0.3 is 24.6 Å². The second-order valence-corrected chi connectivity index (χ2v) is 9.79. The van der Waals surface area contributed by atoms with E-state index < -0.39 is 9.84 Å². The van der Waals surface area contributed by atoms with Crippen molar-refractivity contribution in [1.29, 1.82) is 0 Å². The lowest BCUT2D eigenvalue weighted by Crippen LogP contribution is -2.39. The minimum atomic E-state index is -3.82. The van der Waals surface area contributed by atoms with Gasteiger partial charge in [-0.1, -0.05) is 6.07 Å². The Morgan fingerprint density at radius 1 is 1.17 bits per heavy atom. The highest BCUT2D eigenvalue weighted by Crippen LogP contribution is 2.43. The van der Waals surface area contributed by atoms with Crippen molar-refractivity contribution in [1.82, 2.24) is 5.32 Å². The lowest BCUT2D eigenvalue weighted by Gasteiger charge is -2.24. The van der Waals surface area contributed by atoms with Gasteiger partial charge in [-0.05, 0) is 51.1 Å². The van der Waals surface area contributed by atoms with E-state index in [9.17, 15) is 8.42 Å². The predicted octanol–water partition coefficient (Wildman–Crippen LogP) is 2.52. The van der Waals surface area contributed by atoms with Crippen LogP contribution < -0.4 is 19.5 Å². The molecule has 0 aliphatic carbocycles. The third-order valence-corrected chi connectivity index (χ3v) is 7.03. The number of aliphatic hydroxyl groups excluding tert-OH is 1. The van der Waals surface area contributed by atoms with Gasteiger partial charge in [0.1, 0.15) is 30.0 Å². The smallest absolute Gasteiger partial charge is 0.207 e. The number of fused-ring (bicyclic) bond motifs is 3. The van der Waals surface area contributed by atoms with Gasteiger partial charge in [-0.15, -0.1) is 0 Å². The van der Waals surface area contributed by atoms with E-state index in [1.54, 1.807) is 18.2 Å². The Hall–Kier alpha value is -2.29. The number of ether oxygens (including phenoxy) is 3. The molecule has 0 amide bonds. The second-order valence-electron chi connectivity index (χ2n) is 7.84. The number of nitrogens with one attached hydrogen (secondary N) is 1. The molecule has 1 saturated heterocycles. The minimum Gasteiger partial charge on any atom is -0.491 e. The fourth-order valence-electron chi connectivity index (χ4n) is 3.99. The van der Waals surface area contributed by atoms with Crippen molar-refractivity contribution in [2.75, 3.05) is 26.3 Å². The third-order valence-electron chi connectivity index (χ3n) is 5.30. The van der Waals surface area contributed by atoms with Gasteiger partial charge in [-0.2, -0.15) is 0 Å².